The van der Waals surface area contributed by atoms with Gasteiger partial charge >= 0.3 is 13.8 Å². The molecule has 0 aliphatic rings. The molecular formula is C45H78NO8P. The second kappa shape index (κ2) is 41.1. The number of nitrogens with two attached hydrogens (primary N) is 1. The summed E-state index contributed by atoms with van der Waals surface area (Å²) in [7, 11) is -4.33. The molecule has 3 atom stereocenters. The molecule has 0 saturated carbocycles. The Hall–Kier alpha value is -2.52. The van der Waals surface area contributed by atoms with Crippen molar-refractivity contribution < 1.29 is 37.9 Å². The van der Waals surface area contributed by atoms with Crippen LogP contribution in [0.4, 0.5) is 0 Å². The van der Waals surface area contributed by atoms with Gasteiger partial charge in [0.1, 0.15) is 6.61 Å². The van der Waals surface area contributed by atoms with Crippen molar-refractivity contribution in [1.29, 1.82) is 0 Å². The van der Waals surface area contributed by atoms with Crippen molar-refractivity contribution in [1.82, 2.24) is 0 Å². The average Bonchev–Trinajstić information content (AvgIpc) is 3.17. The van der Waals surface area contributed by atoms with Crippen molar-refractivity contribution in [3.63, 3.8) is 0 Å². The van der Waals surface area contributed by atoms with Crippen LogP contribution in [0.25, 0.3) is 0 Å². The molecule has 0 bridgehead atoms. The van der Waals surface area contributed by atoms with Gasteiger partial charge in [0.2, 0.25) is 0 Å². The van der Waals surface area contributed by atoms with Crippen molar-refractivity contribution in [2.45, 2.75) is 167 Å². The monoisotopic (exact) mass is 792 g/mol. The summed E-state index contributed by atoms with van der Waals surface area (Å²) in [6, 6.07) is 0. The molecule has 0 aromatic rings. The largest absolute Gasteiger partial charge is 0.498 e. The van der Waals surface area contributed by atoms with Crippen LogP contribution in [0.15, 0.2) is 85.3 Å². The van der Waals surface area contributed by atoms with Gasteiger partial charge in [0.05, 0.1) is 25.6 Å². The normalized spacial score (nSPS) is 14.9. The highest BCUT2D eigenvalue weighted by molar-refractivity contribution is 7.47. The molecule has 0 amide bonds. The standard InChI is InChI=1S/C45H78NO8P/c1-3-5-7-9-11-13-15-16-17-18-19-20-22-26-30-34-39-51-41-44(42-53-55(49,50)52-40-38-46)54-45(48)37-33-29-25-24-28-32-36-43(47)35-31-27-23-21-14-12-10-8-6-4-2/h6,8,12,14,23,25,27-29,31-32,34-35,39,43-44,47H,3-5,7,9-11,13,15-22,24,26,30,33,36-38,40-42,46H2,1-2H3,(H,49,50)/b8-6-,14-12-,27-23-,29-25-,32-28-,35-31+,39-34-. The lowest BCUT2D eigenvalue weighted by Gasteiger charge is -2.19. The molecule has 0 fully saturated rings. The third-order valence-electron chi connectivity index (χ3n) is 8.48. The molecule has 0 radical (unpaired) electrons. The number of aliphatic hydroxyl groups is 1. The van der Waals surface area contributed by atoms with Crippen LogP contribution in [0.5, 0.6) is 0 Å². The number of aliphatic hydroxyl groups excluding tert-OH is 1. The SMILES string of the molecule is CC/C=C\C/C=C\C/C=C\C=C\C(O)C/C=C\C/C=C\CCC(=O)OC(CO/C=C\CCCCCCCCCCCCCCCC)COP(=O)(O)OCCN. The van der Waals surface area contributed by atoms with Gasteiger partial charge in [-0.2, -0.15) is 0 Å². The van der Waals surface area contributed by atoms with Crippen LogP contribution in [0.1, 0.15) is 155 Å². The first-order valence-electron chi connectivity index (χ1n) is 21.2. The maximum Gasteiger partial charge on any atom is 0.472 e. The van der Waals surface area contributed by atoms with Crippen molar-refractivity contribution >= 4 is 13.8 Å². The highest BCUT2D eigenvalue weighted by Crippen LogP contribution is 2.43. The summed E-state index contributed by atoms with van der Waals surface area (Å²) in [5.41, 5.74) is 5.35. The van der Waals surface area contributed by atoms with Crippen LogP contribution in [0, 0.1) is 0 Å². The molecule has 0 aliphatic heterocycles. The second-order valence-corrected chi connectivity index (χ2v) is 15.2. The zero-order chi connectivity index (χ0) is 40.3. The first-order chi connectivity index (χ1) is 26.8. The van der Waals surface area contributed by atoms with E-state index < -0.39 is 26.0 Å². The van der Waals surface area contributed by atoms with Crippen LogP contribution in [-0.2, 0) is 27.9 Å². The predicted molar refractivity (Wildman–Crippen MR) is 230 cm³/mol. The third kappa shape index (κ3) is 40.9. The number of esters is 1. The zero-order valence-electron chi connectivity index (χ0n) is 34.5. The van der Waals surface area contributed by atoms with E-state index in [9.17, 15) is 19.4 Å². The molecule has 3 unspecified atom stereocenters. The lowest BCUT2D eigenvalue weighted by Crippen LogP contribution is -2.27. The van der Waals surface area contributed by atoms with E-state index in [1.165, 1.54) is 83.5 Å². The molecule has 10 heteroatoms. The summed E-state index contributed by atoms with van der Waals surface area (Å²) in [6.45, 7) is 3.94. The fraction of sp³-hybridized carbons (Fsp3) is 0.667. The van der Waals surface area contributed by atoms with Gasteiger partial charge < -0.3 is 25.2 Å². The molecule has 9 nitrogen and oxygen atoms in total. The summed E-state index contributed by atoms with van der Waals surface area (Å²) < 4.78 is 33.0. The molecule has 55 heavy (non-hydrogen) atoms. The van der Waals surface area contributed by atoms with Crippen LogP contribution < -0.4 is 5.73 Å². The van der Waals surface area contributed by atoms with Gasteiger partial charge in [0.25, 0.3) is 0 Å². The number of allylic oxidation sites excluding steroid dienone is 11. The van der Waals surface area contributed by atoms with Gasteiger partial charge in [0, 0.05) is 13.0 Å². The van der Waals surface area contributed by atoms with E-state index in [1.807, 2.05) is 42.5 Å². The quantitative estimate of drug-likeness (QED) is 0.0139. The summed E-state index contributed by atoms with van der Waals surface area (Å²) >= 11 is 0. The molecule has 0 saturated heterocycles. The average molecular weight is 792 g/mol. The summed E-state index contributed by atoms with van der Waals surface area (Å²) in [5.74, 6) is -0.469. The Labute approximate surface area is 335 Å². The predicted octanol–water partition coefficient (Wildman–Crippen LogP) is 11.8. The zero-order valence-corrected chi connectivity index (χ0v) is 35.4. The van der Waals surface area contributed by atoms with Gasteiger partial charge in [-0.3, -0.25) is 13.8 Å². The molecule has 4 N–H and O–H groups in total. The van der Waals surface area contributed by atoms with Crippen molar-refractivity contribution in [3.05, 3.63) is 85.3 Å². The van der Waals surface area contributed by atoms with Crippen molar-refractivity contribution in [3.8, 4) is 0 Å². The molecular weight excluding hydrogens is 713 g/mol. The fourth-order valence-electron chi connectivity index (χ4n) is 5.37. The van der Waals surface area contributed by atoms with E-state index in [1.54, 1.807) is 12.3 Å². The van der Waals surface area contributed by atoms with Crippen molar-refractivity contribution in [2.24, 2.45) is 5.73 Å². The first kappa shape index (κ1) is 52.5. The number of phosphoric ester groups is 1. The molecule has 316 valence electrons. The number of carbonyl (C=O) groups is 1. The van der Waals surface area contributed by atoms with E-state index >= 15 is 0 Å². The van der Waals surface area contributed by atoms with Crippen LogP contribution in [0.2, 0.25) is 0 Å². The van der Waals surface area contributed by atoms with E-state index in [2.05, 4.69) is 44.2 Å². The smallest absolute Gasteiger partial charge is 0.472 e. The van der Waals surface area contributed by atoms with Crippen LogP contribution in [-0.4, -0.2) is 54.5 Å². The molecule has 0 rings (SSSR count). The summed E-state index contributed by atoms with van der Waals surface area (Å²) in [6.07, 6.45) is 50.1. The number of hydrogen-bond donors (Lipinski definition) is 3. The van der Waals surface area contributed by atoms with Gasteiger partial charge in [-0.25, -0.2) is 4.57 Å². The second-order valence-electron chi connectivity index (χ2n) is 13.7. The minimum Gasteiger partial charge on any atom is -0.498 e. The maximum atomic E-state index is 12.5. The van der Waals surface area contributed by atoms with Crippen LogP contribution in [0.3, 0.4) is 0 Å². The molecule has 0 aromatic heterocycles. The Kier molecular flexibility index (Phi) is 39.2. The number of ether oxygens (including phenoxy) is 2. The Balaban J connectivity index is 4.32. The van der Waals surface area contributed by atoms with Crippen molar-refractivity contribution in [2.75, 3.05) is 26.4 Å². The topological polar surface area (TPSA) is 138 Å². The number of unbranched alkanes of at least 4 members (excludes halogenated alkanes) is 14. The van der Waals surface area contributed by atoms with Crippen LogP contribution >= 0.6 is 7.82 Å². The highest BCUT2D eigenvalue weighted by atomic mass is 31.2. The number of carbonyl (C=O) groups excluding carboxylic acids is 1. The van der Waals surface area contributed by atoms with E-state index in [0.717, 1.165) is 32.1 Å². The first-order valence-corrected chi connectivity index (χ1v) is 22.7. The van der Waals surface area contributed by atoms with E-state index in [-0.39, 0.29) is 32.8 Å². The third-order valence-corrected chi connectivity index (χ3v) is 9.47. The van der Waals surface area contributed by atoms with Gasteiger partial charge in [-0.1, -0.05) is 170 Å². The summed E-state index contributed by atoms with van der Waals surface area (Å²) in [4.78, 5) is 22.4. The number of rotatable bonds is 39. The van der Waals surface area contributed by atoms with Gasteiger partial charge in [0.15, 0.2) is 6.10 Å². The van der Waals surface area contributed by atoms with Gasteiger partial charge in [-0.15, -0.1) is 0 Å². The molecule has 0 spiro atoms. The lowest BCUT2D eigenvalue weighted by molar-refractivity contribution is -0.153. The molecule has 0 heterocycles. The highest BCUT2D eigenvalue weighted by Gasteiger charge is 2.25. The van der Waals surface area contributed by atoms with Gasteiger partial charge in [-0.05, 0) is 57.4 Å². The summed E-state index contributed by atoms with van der Waals surface area (Å²) in [5, 5.41) is 10.1. The Morgan fingerprint density at radius 3 is 1.89 bits per heavy atom. The lowest BCUT2D eigenvalue weighted by atomic mass is 10.0. The Bertz CT molecular complexity index is 1130. The molecule has 0 aliphatic carbocycles. The minimum atomic E-state index is -4.33. The number of phosphoric acid groups is 1. The minimum absolute atomic E-state index is 0.0234. The molecule has 0 aromatic carbocycles. The van der Waals surface area contributed by atoms with E-state index in [0.29, 0.717) is 19.3 Å². The Morgan fingerprint density at radius 1 is 0.673 bits per heavy atom. The Morgan fingerprint density at radius 2 is 1.25 bits per heavy atom. The fourth-order valence-corrected chi connectivity index (χ4v) is 6.13. The number of hydrogen-bond acceptors (Lipinski definition) is 8. The maximum absolute atomic E-state index is 12.5. The van der Waals surface area contributed by atoms with E-state index in [4.69, 9.17) is 24.3 Å².